The van der Waals surface area contributed by atoms with Crippen LogP contribution in [0.4, 0.5) is 13.2 Å². The molecule has 10 heavy (non-hydrogen) atoms. The van der Waals surface area contributed by atoms with Gasteiger partial charge >= 0.3 is 6.18 Å². The van der Waals surface area contributed by atoms with Crippen LogP contribution in [-0.4, -0.2) is 14.9 Å². The van der Waals surface area contributed by atoms with Gasteiger partial charge in [0.05, 0.1) is 0 Å². The minimum atomic E-state index is -4.51. The summed E-state index contributed by atoms with van der Waals surface area (Å²) in [4.78, 5) is 3.39. The van der Waals surface area contributed by atoms with Gasteiger partial charge in [-0.25, -0.2) is 4.98 Å². The van der Waals surface area contributed by atoms with E-state index >= 15 is 0 Å². The number of alkyl halides is 3. The van der Waals surface area contributed by atoms with Crippen molar-refractivity contribution in [1.29, 1.82) is 0 Å². The van der Waals surface area contributed by atoms with Gasteiger partial charge < -0.3 is 5.84 Å². The zero-order valence-corrected chi connectivity index (χ0v) is 4.63. The van der Waals surface area contributed by atoms with E-state index < -0.39 is 12.0 Å². The van der Waals surface area contributed by atoms with E-state index in [1.54, 1.807) is 0 Å². The average molecular weight is 152 g/mol. The summed E-state index contributed by atoms with van der Waals surface area (Å²) in [5.74, 6) is 3.59. The van der Waals surface area contributed by atoms with Gasteiger partial charge in [-0.3, -0.25) is 0 Å². The van der Waals surface area contributed by atoms with Crippen molar-refractivity contribution in [3.8, 4) is 0 Å². The molecule has 1 aromatic heterocycles. The molecular formula is C3H3F3N4. The number of nitrogens with two attached hydrogens (primary N) is 1. The molecule has 1 rings (SSSR count). The Bertz CT molecular complexity index is 226. The molecule has 0 atom stereocenters. The summed E-state index contributed by atoms with van der Waals surface area (Å²) in [5.41, 5.74) is 0. The van der Waals surface area contributed by atoms with Gasteiger partial charge in [0.25, 0.3) is 5.82 Å². The molecule has 56 valence electrons. The number of hydrogen-bond acceptors (Lipinski definition) is 3. The van der Waals surface area contributed by atoms with E-state index in [1.807, 2.05) is 0 Å². The molecule has 0 aromatic carbocycles. The lowest BCUT2D eigenvalue weighted by Gasteiger charge is -1.97. The van der Waals surface area contributed by atoms with Crippen molar-refractivity contribution in [2.45, 2.75) is 6.18 Å². The normalized spacial score (nSPS) is 11.9. The lowest BCUT2D eigenvalue weighted by Crippen LogP contribution is -2.12. The maximum absolute atomic E-state index is 11.6. The Labute approximate surface area is 53.4 Å². The van der Waals surface area contributed by atoms with Crippen molar-refractivity contribution in [2.75, 3.05) is 5.84 Å². The molecule has 0 fully saturated rings. The van der Waals surface area contributed by atoms with Gasteiger partial charge in [-0.05, 0) is 0 Å². The van der Waals surface area contributed by atoms with E-state index in [4.69, 9.17) is 5.84 Å². The second kappa shape index (κ2) is 1.86. The van der Waals surface area contributed by atoms with Gasteiger partial charge in [0.1, 0.15) is 6.33 Å². The van der Waals surface area contributed by atoms with Crippen LogP contribution in [-0.2, 0) is 6.18 Å². The van der Waals surface area contributed by atoms with Crippen molar-refractivity contribution in [3.63, 3.8) is 0 Å². The molecule has 0 bridgehead atoms. The third kappa shape index (κ3) is 1.17. The van der Waals surface area contributed by atoms with Gasteiger partial charge in [-0.1, -0.05) is 0 Å². The average Bonchev–Trinajstić information content (AvgIpc) is 2.11. The second-order valence-electron chi connectivity index (χ2n) is 1.55. The Morgan fingerprint density at radius 3 is 2.30 bits per heavy atom. The molecule has 7 heteroatoms. The molecule has 4 nitrogen and oxygen atoms in total. The largest absolute Gasteiger partial charge is 0.453 e. The first-order chi connectivity index (χ1) is 4.50. The number of nitrogen functional groups attached to an aromatic ring is 1. The predicted octanol–water partition coefficient (Wildman–Crippen LogP) is 0.0107. The van der Waals surface area contributed by atoms with Crippen LogP contribution in [0.3, 0.4) is 0 Å². The molecular weight excluding hydrogens is 149 g/mol. The molecule has 0 aliphatic heterocycles. The fourth-order valence-corrected chi connectivity index (χ4v) is 0.405. The van der Waals surface area contributed by atoms with Crippen molar-refractivity contribution < 1.29 is 13.2 Å². The molecule has 0 aliphatic carbocycles. The standard InChI is InChI=1S/C3H3F3N4/c4-3(5,6)2-8-1-10(7)9-2/h1H,7H2. The van der Waals surface area contributed by atoms with Crippen LogP contribution in [0.2, 0.25) is 0 Å². The SMILES string of the molecule is Nn1cnc(C(F)(F)F)n1. The lowest BCUT2D eigenvalue weighted by atomic mass is 10.6. The Balaban J connectivity index is 2.96. The van der Waals surface area contributed by atoms with E-state index in [0.29, 0.717) is 4.79 Å². The van der Waals surface area contributed by atoms with E-state index in [-0.39, 0.29) is 0 Å². The van der Waals surface area contributed by atoms with Gasteiger partial charge in [0.15, 0.2) is 0 Å². The van der Waals surface area contributed by atoms with Crippen LogP contribution < -0.4 is 5.84 Å². The van der Waals surface area contributed by atoms with Crippen molar-refractivity contribution >= 4 is 0 Å². The molecule has 2 N–H and O–H groups in total. The van der Waals surface area contributed by atoms with Crippen molar-refractivity contribution in [1.82, 2.24) is 14.9 Å². The van der Waals surface area contributed by atoms with Gasteiger partial charge in [-0.15, -0.1) is 5.10 Å². The predicted molar refractivity (Wildman–Crippen MR) is 25.2 cm³/mol. The minimum absolute atomic E-state index is 0.503. The monoisotopic (exact) mass is 152 g/mol. The highest BCUT2D eigenvalue weighted by Crippen LogP contribution is 2.24. The van der Waals surface area contributed by atoms with Crippen LogP contribution in [0, 0.1) is 0 Å². The molecule has 0 spiro atoms. The maximum Gasteiger partial charge on any atom is 0.453 e. The molecule has 0 radical (unpaired) electrons. The maximum atomic E-state index is 11.6. The molecule has 1 heterocycles. The van der Waals surface area contributed by atoms with Crippen LogP contribution in [0.5, 0.6) is 0 Å². The number of rotatable bonds is 0. The summed E-state index contributed by atoms with van der Waals surface area (Å²) >= 11 is 0. The summed E-state index contributed by atoms with van der Waals surface area (Å²) in [5, 5.41) is 2.84. The molecule has 0 saturated carbocycles. The number of halogens is 3. The highest BCUT2D eigenvalue weighted by Gasteiger charge is 2.35. The van der Waals surface area contributed by atoms with E-state index in [9.17, 15) is 13.2 Å². The topological polar surface area (TPSA) is 56.7 Å². The number of hydrogen-bond donors (Lipinski definition) is 1. The van der Waals surface area contributed by atoms with Crippen LogP contribution in [0.1, 0.15) is 5.82 Å². The molecule has 0 amide bonds. The Morgan fingerprint density at radius 1 is 1.50 bits per heavy atom. The second-order valence-corrected chi connectivity index (χ2v) is 1.55. The Hall–Kier alpha value is -1.27. The summed E-state index contributed by atoms with van der Waals surface area (Å²) < 4.78 is 34.8. The molecule has 1 aromatic rings. The highest BCUT2D eigenvalue weighted by molar-refractivity contribution is 4.86. The summed E-state index contributed by atoms with van der Waals surface area (Å²) in [7, 11) is 0. The smallest absolute Gasteiger partial charge is 0.322 e. The van der Waals surface area contributed by atoms with Crippen LogP contribution in [0.25, 0.3) is 0 Å². The quantitative estimate of drug-likeness (QED) is 0.533. The van der Waals surface area contributed by atoms with E-state index in [2.05, 4.69) is 10.1 Å². The first-order valence-electron chi connectivity index (χ1n) is 2.24. The fraction of sp³-hybridized carbons (Fsp3) is 0.333. The van der Waals surface area contributed by atoms with Gasteiger partial charge in [-0.2, -0.15) is 18.0 Å². The molecule has 0 saturated heterocycles. The van der Waals surface area contributed by atoms with Crippen molar-refractivity contribution in [3.05, 3.63) is 12.2 Å². The third-order valence-corrected chi connectivity index (χ3v) is 0.762. The van der Waals surface area contributed by atoms with E-state index in [1.165, 1.54) is 0 Å². The minimum Gasteiger partial charge on any atom is -0.322 e. The Morgan fingerprint density at radius 2 is 2.10 bits per heavy atom. The van der Waals surface area contributed by atoms with E-state index in [0.717, 1.165) is 6.33 Å². The zero-order chi connectivity index (χ0) is 7.78. The number of nitrogens with zero attached hydrogens (tertiary/aromatic N) is 3. The van der Waals surface area contributed by atoms with Crippen LogP contribution in [0.15, 0.2) is 6.33 Å². The lowest BCUT2D eigenvalue weighted by molar-refractivity contribution is -0.144. The Kier molecular flexibility index (Phi) is 1.27. The zero-order valence-electron chi connectivity index (χ0n) is 4.63. The fourth-order valence-electron chi connectivity index (χ4n) is 0.405. The van der Waals surface area contributed by atoms with Crippen molar-refractivity contribution in [2.24, 2.45) is 0 Å². The first-order valence-corrected chi connectivity index (χ1v) is 2.24. The van der Waals surface area contributed by atoms with Crippen LogP contribution >= 0.6 is 0 Å². The highest BCUT2D eigenvalue weighted by atomic mass is 19.4. The molecule has 0 unspecified atom stereocenters. The molecule has 0 aliphatic rings. The number of aromatic nitrogens is 3. The summed E-state index contributed by atoms with van der Waals surface area (Å²) in [6, 6.07) is 0. The van der Waals surface area contributed by atoms with Gasteiger partial charge in [0, 0.05) is 0 Å². The summed E-state index contributed by atoms with van der Waals surface area (Å²) in [6.45, 7) is 0. The van der Waals surface area contributed by atoms with Gasteiger partial charge in [0.2, 0.25) is 0 Å². The first kappa shape index (κ1) is 6.84. The summed E-state index contributed by atoms with van der Waals surface area (Å²) in [6.07, 6.45) is -3.73. The third-order valence-electron chi connectivity index (χ3n) is 0.762.